The number of urea groups is 1. The number of hydrogen-bond acceptors (Lipinski definition) is 2. The third kappa shape index (κ3) is 3.91. The summed E-state index contributed by atoms with van der Waals surface area (Å²) in [6.45, 7) is 5.56. The second kappa shape index (κ2) is 6.47. The third-order valence-electron chi connectivity index (χ3n) is 3.44. The zero-order valence-corrected chi connectivity index (χ0v) is 10.7. The van der Waals surface area contributed by atoms with Gasteiger partial charge in [-0.25, -0.2) is 4.79 Å². The second-order valence-electron chi connectivity index (χ2n) is 4.76. The predicted molar refractivity (Wildman–Crippen MR) is 66.4 cm³/mol. The summed E-state index contributed by atoms with van der Waals surface area (Å²) in [5, 5.41) is 2.58. The number of likely N-dealkylation sites (tertiary alicyclic amines) is 1. The van der Waals surface area contributed by atoms with Crippen LogP contribution in [0, 0.1) is 5.92 Å². The fourth-order valence-electron chi connectivity index (χ4n) is 2.15. The Hall–Kier alpha value is -1.26. The van der Waals surface area contributed by atoms with Crippen molar-refractivity contribution in [2.75, 3.05) is 13.1 Å². The summed E-state index contributed by atoms with van der Waals surface area (Å²) in [6.07, 6.45) is 4.12. The van der Waals surface area contributed by atoms with Crippen LogP contribution in [0.4, 0.5) is 4.79 Å². The minimum atomic E-state index is -0.624. The highest BCUT2D eigenvalue weighted by Crippen LogP contribution is 2.15. The Morgan fingerprint density at radius 1 is 1.29 bits per heavy atom. The van der Waals surface area contributed by atoms with E-state index in [1.165, 1.54) is 6.42 Å². The molecule has 0 aliphatic carbocycles. The van der Waals surface area contributed by atoms with E-state index in [9.17, 15) is 9.59 Å². The zero-order chi connectivity index (χ0) is 12.8. The lowest BCUT2D eigenvalue weighted by molar-refractivity contribution is -0.135. The van der Waals surface area contributed by atoms with Gasteiger partial charge in [0.15, 0.2) is 0 Å². The van der Waals surface area contributed by atoms with Crippen molar-refractivity contribution >= 4 is 11.9 Å². The molecule has 1 aliphatic heterocycles. The molecule has 1 saturated heterocycles. The average molecular weight is 241 g/mol. The molecule has 1 heterocycles. The van der Waals surface area contributed by atoms with Crippen molar-refractivity contribution in [3.63, 3.8) is 0 Å². The van der Waals surface area contributed by atoms with Crippen LogP contribution < -0.4 is 11.1 Å². The standard InChI is InChI=1S/C12H23N3O2/c1-3-9(2)10(14-12(13)17)11(16)15-7-5-4-6-8-15/h9-10H,3-8H2,1-2H3,(H3,13,14,17). The van der Waals surface area contributed by atoms with Crippen molar-refractivity contribution in [2.45, 2.75) is 45.6 Å². The van der Waals surface area contributed by atoms with Crippen molar-refractivity contribution in [1.82, 2.24) is 10.2 Å². The molecule has 5 heteroatoms. The number of amides is 3. The number of nitrogens with one attached hydrogen (secondary N) is 1. The lowest BCUT2D eigenvalue weighted by Gasteiger charge is -2.32. The van der Waals surface area contributed by atoms with Crippen LogP contribution in [0.3, 0.4) is 0 Å². The van der Waals surface area contributed by atoms with E-state index >= 15 is 0 Å². The van der Waals surface area contributed by atoms with E-state index in [2.05, 4.69) is 5.32 Å². The van der Waals surface area contributed by atoms with Crippen LogP contribution in [0.15, 0.2) is 0 Å². The maximum absolute atomic E-state index is 12.3. The van der Waals surface area contributed by atoms with Gasteiger partial charge in [0.2, 0.25) is 5.91 Å². The highest BCUT2D eigenvalue weighted by molar-refractivity contribution is 5.86. The minimum Gasteiger partial charge on any atom is -0.352 e. The Morgan fingerprint density at radius 2 is 1.88 bits per heavy atom. The van der Waals surface area contributed by atoms with Crippen LogP contribution in [0.1, 0.15) is 39.5 Å². The first-order valence-corrected chi connectivity index (χ1v) is 6.41. The van der Waals surface area contributed by atoms with Gasteiger partial charge >= 0.3 is 6.03 Å². The molecule has 0 bridgehead atoms. The zero-order valence-electron chi connectivity index (χ0n) is 10.7. The molecule has 0 aromatic rings. The largest absolute Gasteiger partial charge is 0.352 e. The summed E-state index contributed by atoms with van der Waals surface area (Å²) in [4.78, 5) is 25.1. The van der Waals surface area contributed by atoms with Gasteiger partial charge in [0.05, 0.1) is 0 Å². The Labute approximate surface area is 103 Å². The maximum Gasteiger partial charge on any atom is 0.312 e. The Balaban J connectivity index is 2.66. The van der Waals surface area contributed by atoms with Gasteiger partial charge in [-0.05, 0) is 25.2 Å². The van der Waals surface area contributed by atoms with Gasteiger partial charge in [-0.15, -0.1) is 0 Å². The fraction of sp³-hybridized carbons (Fsp3) is 0.833. The second-order valence-corrected chi connectivity index (χ2v) is 4.76. The van der Waals surface area contributed by atoms with E-state index in [1.807, 2.05) is 18.7 Å². The Bertz CT molecular complexity index is 275. The third-order valence-corrected chi connectivity index (χ3v) is 3.44. The molecule has 0 radical (unpaired) electrons. The summed E-state index contributed by atoms with van der Waals surface area (Å²) in [7, 11) is 0. The van der Waals surface area contributed by atoms with Crippen molar-refractivity contribution in [3.05, 3.63) is 0 Å². The molecule has 3 N–H and O–H groups in total. The van der Waals surface area contributed by atoms with Crippen LogP contribution in [-0.2, 0) is 4.79 Å². The molecule has 98 valence electrons. The van der Waals surface area contributed by atoms with E-state index in [0.29, 0.717) is 0 Å². The summed E-state index contributed by atoms with van der Waals surface area (Å²) in [5.74, 6) is 0.120. The first-order valence-electron chi connectivity index (χ1n) is 6.41. The van der Waals surface area contributed by atoms with E-state index in [4.69, 9.17) is 5.73 Å². The number of primary amides is 1. The lowest BCUT2D eigenvalue weighted by atomic mass is 9.97. The molecular formula is C12H23N3O2. The molecule has 17 heavy (non-hydrogen) atoms. The molecule has 1 rings (SSSR count). The monoisotopic (exact) mass is 241 g/mol. The molecular weight excluding hydrogens is 218 g/mol. The van der Waals surface area contributed by atoms with Crippen LogP contribution in [0.2, 0.25) is 0 Å². The van der Waals surface area contributed by atoms with E-state index in [-0.39, 0.29) is 11.8 Å². The number of nitrogens with zero attached hydrogens (tertiary/aromatic N) is 1. The SMILES string of the molecule is CCC(C)C(NC(N)=O)C(=O)N1CCCCC1. The van der Waals surface area contributed by atoms with Crippen molar-refractivity contribution in [3.8, 4) is 0 Å². The normalized spacial score (nSPS) is 19.5. The quantitative estimate of drug-likeness (QED) is 0.773. The molecule has 3 amide bonds. The van der Waals surface area contributed by atoms with Crippen LogP contribution in [-0.4, -0.2) is 36.0 Å². The molecule has 0 aromatic carbocycles. The van der Waals surface area contributed by atoms with E-state index in [0.717, 1.165) is 32.4 Å². The predicted octanol–water partition coefficient (Wildman–Crippen LogP) is 1.08. The molecule has 0 saturated carbocycles. The Morgan fingerprint density at radius 3 is 2.35 bits per heavy atom. The van der Waals surface area contributed by atoms with Gasteiger partial charge in [0.1, 0.15) is 6.04 Å². The molecule has 0 aromatic heterocycles. The molecule has 1 fully saturated rings. The minimum absolute atomic E-state index is 0.0119. The number of hydrogen-bond donors (Lipinski definition) is 2. The molecule has 0 spiro atoms. The summed E-state index contributed by atoms with van der Waals surface area (Å²) in [5.41, 5.74) is 5.13. The number of piperidine rings is 1. The fourth-order valence-corrected chi connectivity index (χ4v) is 2.15. The summed E-state index contributed by atoms with van der Waals surface area (Å²) in [6, 6.07) is -1.10. The number of carbonyl (C=O) groups is 2. The first kappa shape index (κ1) is 13.8. The Kier molecular flexibility index (Phi) is 5.25. The highest BCUT2D eigenvalue weighted by Gasteiger charge is 2.29. The topological polar surface area (TPSA) is 75.4 Å². The maximum atomic E-state index is 12.3. The number of nitrogens with two attached hydrogens (primary N) is 1. The lowest BCUT2D eigenvalue weighted by Crippen LogP contribution is -2.54. The number of rotatable bonds is 4. The molecule has 1 aliphatic rings. The van der Waals surface area contributed by atoms with Crippen LogP contribution in [0.5, 0.6) is 0 Å². The summed E-state index contributed by atoms with van der Waals surface area (Å²) < 4.78 is 0. The van der Waals surface area contributed by atoms with Crippen LogP contribution in [0.25, 0.3) is 0 Å². The molecule has 2 unspecified atom stereocenters. The number of carbonyl (C=O) groups excluding carboxylic acids is 2. The van der Waals surface area contributed by atoms with Gasteiger partial charge in [-0.2, -0.15) is 0 Å². The van der Waals surface area contributed by atoms with Crippen molar-refractivity contribution in [1.29, 1.82) is 0 Å². The highest BCUT2D eigenvalue weighted by atomic mass is 16.2. The van der Waals surface area contributed by atoms with Gasteiger partial charge in [-0.3, -0.25) is 4.79 Å². The van der Waals surface area contributed by atoms with Gasteiger partial charge < -0.3 is 16.0 Å². The first-order chi connectivity index (χ1) is 8.06. The van der Waals surface area contributed by atoms with Gasteiger partial charge in [0, 0.05) is 13.1 Å². The summed E-state index contributed by atoms with van der Waals surface area (Å²) >= 11 is 0. The van der Waals surface area contributed by atoms with Crippen molar-refractivity contribution < 1.29 is 9.59 Å². The smallest absolute Gasteiger partial charge is 0.312 e. The molecule has 2 atom stereocenters. The van der Waals surface area contributed by atoms with E-state index in [1.54, 1.807) is 0 Å². The van der Waals surface area contributed by atoms with E-state index < -0.39 is 12.1 Å². The average Bonchev–Trinajstić information content (AvgIpc) is 2.35. The molecule has 5 nitrogen and oxygen atoms in total. The van der Waals surface area contributed by atoms with Gasteiger partial charge in [-0.1, -0.05) is 20.3 Å². The van der Waals surface area contributed by atoms with Gasteiger partial charge in [0.25, 0.3) is 0 Å². The van der Waals surface area contributed by atoms with Crippen LogP contribution >= 0.6 is 0 Å². The van der Waals surface area contributed by atoms with Crippen molar-refractivity contribution in [2.24, 2.45) is 11.7 Å².